The highest BCUT2D eigenvalue weighted by Gasteiger charge is 2.50. The molecule has 0 radical (unpaired) electrons. The van der Waals surface area contributed by atoms with Gasteiger partial charge in [-0.1, -0.05) is 13.0 Å². The molecule has 1 spiro atoms. The zero-order valence-electron chi connectivity index (χ0n) is 30.2. The van der Waals surface area contributed by atoms with Crippen LogP contribution in [0.1, 0.15) is 51.0 Å². The molecular formula is C38H44F2N8O5. The maximum atomic E-state index is 17.1. The lowest BCUT2D eigenvalue weighted by molar-refractivity contribution is 0.0484. The van der Waals surface area contributed by atoms with Crippen molar-refractivity contribution >= 4 is 39.6 Å². The standard InChI is InChI=1S/C38H44F2N8O5/c1-4-25-28(39)8-7-22-15-24(49)16-26(29(22)25)31-30(40)32-27(17-41-31)33(47-13-5-10-37(20-47)19-42-34(50)45-37)44-35(43-32)53-21-38-11-6-14-48(38)23(9-12-38)18-52-36(51)46(2)3/h7-8,15-17,23,49H,4-6,9-14,18-21H2,1-3H3,(H2,42,45,50)/t23-,37?,38+/m0/s1. The fourth-order valence-corrected chi connectivity index (χ4v) is 8.97. The van der Waals surface area contributed by atoms with E-state index in [-0.39, 0.29) is 65.5 Å². The number of nitrogens with zero attached hydrogens (tertiary/aromatic N) is 6. The number of anilines is 1. The Hall–Kier alpha value is -5.05. The first kappa shape index (κ1) is 35.0. The largest absolute Gasteiger partial charge is 0.508 e. The van der Waals surface area contributed by atoms with Crippen molar-refractivity contribution in [3.05, 3.63) is 47.7 Å². The zero-order valence-corrected chi connectivity index (χ0v) is 30.2. The van der Waals surface area contributed by atoms with E-state index < -0.39 is 17.2 Å². The smallest absolute Gasteiger partial charge is 0.409 e. The molecule has 3 amide bonds. The molecule has 0 saturated carbocycles. The third-order valence-corrected chi connectivity index (χ3v) is 11.5. The van der Waals surface area contributed by atoms with Crippen molar-refractivity contribution in [1.29, 1.82) is 0 Å². The van der Waals surface area contributed by atoms with Crippen LogP contribution in [0.15, 0.2) is 30.5 Å². The fourth-order valence-electron chi connectivity index (χ4n) is 8.97. The van der Waals surface area contributed by atoms with Gasteiger partial charge in [0.1, 0.15) is 41.8 Å². The van der Waals surface area contributed by atoms with Gasteiger partial charge in [0.25, 0.3) is 0 Å². The molecule has 4 aromatic rings. The summed E-state index contributed by atoms with van der Waals surface area (Å²) in [6.07, 6.45) is 6.54. The van der Waals surface area contributed by atoms with Crippen LogP contribution >= 0.6 is 0 Å². The number of carbonyl (C=O) groups is 2. The molecule has 3 N–H and O–H groups in total. The van der Waals surface area contributed by atoms with E-state index in [0.29, 0.717) is 53.6 Å². The van der Waals surface area contributed by atoms with Gasteiger partial charge in [0.2, 0.25) is 0 Å². The highest BCUT2D eigenvalue weighted by atomic mass is 19.1. The van der Waals surface area contributed by atoms with Gasteiger partial charge >= 0.3 is 18.1 Å². The number of urea groups is 1. The van der Waals surface area contributed by atoms with Crippen LogP contribution in [0.5, 0.6) is 11.8 Å². The van der Waals surface area contributed by atoms with Crippen LogP contribution in [0, 0.1) is 11.6 Å². The van der Waals surface area contributed by atoms with Gasteiger partial charge in [-0.15, -0.1) is 0 Å². The molecule has 4 saturated heterocycles. The Labute approximate surface area is 305 Å². The van der Waals surface area contributed by atoms with E-state index in [9.17, 15) is 14.7 Å². The van der Waals surface area contributed by atoms with Crippen LogP contribution in [-0.2, 0) is 11.2 Å². The number of amides is 3. The number of hydrogen-bond acceptors (Lipinski definition) is 10. The molecular weight excluding hydrogens is 686 g/mol. The maximum Gasteiger partial charge on any atom is 0.409 e. The van der Waals surface area contributed by atoms with E-state index in [0.717, 1.165) is 45.1 Å². The van der Waals surface area contributed by atoms with E-state index in [1.807, 2.05) is 11.8 Å². The van der Waals surface area contributed by atoms with Gasteiger partial charge in [0, 0.05) is 51.5 Å². The number of fused-ring (bicyclic) bond motifs is 3. The zero-order chi connectivity index (χ0) is 37.1. The number of carbonyl (C=O) groups excluding carboxylic acids is 2. The Balaban J connectivity index is 1.19. The summed E-state index contributed by atoms with van der Waals surface area (Å²) in [6, 6.07) is 5.67. The molecule has 3 atom stereocenters. The second-order valence-electron chi connectivity index (χ2n) is 15.1. The summed E-state index contributed by atoms with van der Waals surface area (Å²) >= 11 is 0. The number of nitrogens with one attached hydrogen (secondary N) is 2. The van der Waals surface area contributed by atoms with Gasteiger partial charge in [0.05, 0.1) is 16.5 Å². The van der Waals surface area contributed by atoms with Crippen LogP contribution in [0.25, 0.3) is 32.9 Å². The van der Waals surface area contributed by atoms with Crippen LogP contribution in [0.3, 0.4) is 0 Å². The van der Waals surface area contributed by atoms with E-state index >= 15 is 8.78 Å². The van der Waals surface area contributed by atoms with Crippen LogP contribution in [0.2, 0.25) is 0 Å². The summed E-state index contributed by atoms with van der Waals surface area (Å²) < 4.78 is 44.2. The lowest BCUT2D eigenvalue weighted by atomic mass is 9.90. The minimum absolute atomic E-state index is 0.00141. The molecule has 8 rings (SSSR count). The monoisotopic (exact) mass is 730 g/mol. The summed E-state index contributed by atoms with van der Waals surface area (Å²) in [5.41, 5.74) is -0.283. The number of phenolic OH excluding ortho intramolecular Hbond substituents is 1. The lowest BCUT2D eigenvalue weighted by Gasteiger charge is -2.40. The molecule has 2 aromatic heterocycles. The number of ether oxygens (including phenoxy) is 2. The summed E-state index contributed by atoms with van der Waals surface area (Å²) in [5.74, 6) is -0.843. The van der Waals surface area contributed by atoms with E-state index in [1.165, 1.54) is 29.3 Å². The molecule has 4 fully saturated rings. The van der Waals surface area contributed by atoms with Gasteiger partial charge in [-0.2, -0.15) is 9.97 Å². The van der Waals surface area contributed by atoms with Gasteiger partial charge in [-0.3, -0.25) is 9.88 Å². The Bertz CT molecular complexity index is 2120. The van der Waals surface area contributed by atoms with Gasteiger partial charge in [0.15, 0.2) is 5.82 Å². The predicted octanol–water partition coefficient (Wildman–Crippen LogP) is 5.12. The molecule has 6 heterocycles. The summed E-state index contributed by atoms with van der Waals surface area (Å²) in [6.45, 7) is 4.70. The number of aryl methyl sites for hydroxylation is 1. The van der Waals surface area contributed by atoms with Crippen molar-refractivity contribution in [2.75, 3.05) is 58.4 Å². The second-order valence-corrected chi connectivity index (χ2v) is 15.1. The number of benzene rings is 2. The minimum Gasteiger partial charge on any atom is -0.508 e. The quantitative estimate of drug-likeness (QED) is 0.224. The van der Waals surface area contributed by atoms with Crippen molar-refractivity contribution in [1.82, 2.24) is 35.4 Å². The third-order valence-electron chi connectivity index (χ3n) is 11.5. The van der Waals surface area contributed by atoms with Crippen molar-refractivity contribution in [3.63, 3.8) is 0 Å². The van der Waals surface area contributed by atoms with E-state index in [1.54, 1.807) is 20.2 Å². The molecule has 0 aliphatic carbocycles. The molecule has 4 aliphatic rings. The van der Waals surface area contributed by atoms with Crippen molar-refractivity contribution in [3.8, 4) is 23.0 Å². The average molecular weight is 731 g/mol. The number of piperidine rings is 1. The molecule has 15 heteroatoms. The Kier molecular flexibility index (Phi) is 8.86. The van der Waals surface area contributed by atoms with Gasteiger partial charge in [-0.25, -0.2) is 18.4 Å². The normalized spacial score (nSPS) is 24.1. The number of aromatic nitrogens is 3. The van der Waals surface area contributed by atoms with E-state index in [4.69, 9.17) is 14.5 Å². The molecule has 0 bridgehead atoms. The number of phenols is 1. The molecule has 4 aliphatic heterocycles. The third kappa shape index (κ3) is 6.17. The van der Waals surface area contributed by atoms with Gasteiger partial charge < -0.3 is 35.0 Å². The average Bonchev–Trinajstić information content (AvgIpc) is 3.82. The molecule has 280 valence electrons. The van der Waals surface area contributed by atoms with Gasteiger partial charge in [-0.05, 0) is 86.0 Å². The first-order valence-corrected chi connectivity index (χ1v) is 18.3. The van der Waals surface area contributed by atoms with Crippen LogP contribution in [0.4, 0.5) is 24.2 Å². The number of aromatic hydroxyl groups is 1. The first-order chi connectivity index (χ1) is 25.5. The SMILES string of the molecule is CCc1c(F)ccc2cc(O)cc(-c3ncc4c(N5CCCC6(CNC(=O)N6)C5)nc(OC[C@]56CCCN5[C@H](COC(=O)N(C)C)CC6)nc4c3F)c12. The van der Waals surface area contributed by atoms with Crippen LogP contribution in [-0.4, -0.2) is 113 Å². The molecule has 1 unspecified atom stereocenters. The number of rotatable bonds is 8. The Morgan fingerprint density at radius 2 is 1.96 bits per heavy atom. The van der Waals surface area contributed by atoms with Crippen molar-refractivity contribution in [2.45, 2.75) is 69.0 Å². The second kappa shape index (κ2) is 13.4. The Morgan fingerprint density at radius 3 is 2.74 bits per heavy atom. The predicted molar refractivity (Wildman–Crippen MR) is 194 cm³/mol. The number of hydrogen-bond donors (Lipinski definition) is 3. The minimum atomic E-state index is -0.749. The first-order valence-electron chi connectivity index (χ1n) is 18.3. The molecule has 2 aromatic carbocycles. The number of halogens is 2. The highest BCUT2D eigenvalue weighted by Crippen LogP contribution is 2.44. The van der Waals surface area contributed by atoms with Crippen molar-refractivity contribution in [2.24, 2.45) is 0 Å². The maximum absolute atomic E-state index is 17.1. The fraction of sp³-hybridized carbons (Fsp3) is 0.500. The summed E-state index contributed by atoms with van der Waals surface area (Å²) in [7, 11) is 3.31. The topological polar surface area (TPSA) is 145 Å². The molecule has 13 nitrogen and oxygen atoms in total. The highest BCUT2D eigenvalue weighted by molar-refractivity contribution is 6.01. The summed E-state index contributed by atoms with van der Waals surface area (Å²) in [5, 5.41) is 18.0. The van der Waals surface area contributed by atoms with Crippen LogP contribution < -0.4 is 20.3 Å². The summed E-state index contributed by atoms with van der Waals surface area (Å²) in [4.78, 5) is 44.3. The Morgan fingerprint density at radius 1 is 1.13 bits per heavy atom. The number of pyridine rings is 1. The van der Waals surface area contributed by atoms with Crippen molar-refractivity contribution < 1.29 is 33.0 Å². The lowest BCUT2D eigenvalue weighted by Crippen LogP contribution is -2.56. The molecule has 53 heavy (non-hydrogen) atoms. The van der Waals surface area contributed by atoms with E-state index in [2.05, 4.69) is 25.5 Å².